The van der Waals surface area contributed by atoms with Gasteiger partial charge in [0.2, 0.25) is 0 Å². The summed E-state index contributed by atoms with van der Waals surface area (Å²) in [6.45, 7) is 1.68. The van der Waals surface area contributed by atoms with Gasteiger partial charge in [0.1, 0.15) is 5.75 Å². The summed E-state index contributed by atoms with van der Waals surface area (Å²) in [5, 5.41) is 6.12. The Bertz CT molecular complexity index is 777. The fraction of sp³-hybridized carbons (Fsp3) is 0.389. The Balaban J connectivity index is 0.00000261. The molecule has 0 bridgehead atoms. The van der Waals surface area contributed by atoms with Crippen LogP contribution in [0.4, 0.5) is 5.13 Å². The third-order valence-electron chi connectivity index (χ3n) is 3.94. The van der Waals surface area contributed by atoms with E-state index in [1.165, 1.54) is 17.5 Å². The van der Waals surface area contributed by atoms with E-state index in [4.69, 9.17) is 9.47 Å². The summed E-state index contributed by atoms with van der Waals surface area (Å²) >= 11 is 1.17. The number of nitrogens with zero attached hydrogens (tertiary/aromatic N) is 1. The molecule has 1 aromatic heterocycles. The van der Waals surface area contributed by atoms with Crippen molar-refractivity contribution in [2.75, 3.05) is 32.2 Å². The van der Waals surface area contributed by atoms with Gasteiger partial charge in [-0.1, -0.05) is 23.5 Å². The number of nitrogens with one attached hydrogen (secondary N) is 2. The number of halogens is 1. The van der Waals surface area contributed by atoms with Crippen LogP contribution < -0.4 is 15.4 Å². The standard InChI is InChI=1S/C18H21N3O4S.ClH/c1-19-8-12-3-2-4-14(7-12)25-11-16(22)21-18-20-9-15(26-18)17(23)13-5-6-24-10-13;/h2-4,7,9,13,19H,5-6,8,10-11H2,1H3,(H,20,21,22);1H. The Morgan fingerprint density at radius 2 is 2.26 bits per heavy atom. The highest BCUT2D eigenvalue weighted by Gasteiger charge is 2.26. The van der Waals surface area contributed by atoms with Gasteiger partial charge in [-0.3, -0.25) is 14.9 Å². The highest BCUT2D eigenvalue weighted by atomic mass is 35.5. The molecule has 1 aliphatic rings. The summed E-state index contributed by atoms with van der Waals surface area (Å²) in [5.74, 6) is 0.232. The summed E-state index contributed by atoms with van der Waals surface area (Å²) in [6, 6.07) is 7.54. The first-order valence-electron chi connectivity index (χ1n) is 8.39. The summed E-state index contributed by atoms with van der Waals surface area (Å²) < 4.78 is 10.8. The van der Waals surface area contributed by atoms with Gasteiger partial charge in [-0.2, -0.15) is 0 Å². The summed E-state index contributed by atoms with van der Waals surface area (Å²) in [7, 11) is 1.87. The number of hydrogen-bond acceptors (Lipinski definition) is 7. The number of amides is 1. The molecule has 1 fully saturated rings. The van der Waals surface area contributed by atoms with Gasteiger partial charge in [0.15, 0.2) is 17.5 Å². The molecule has 0 saturated carbocycles. The number of thiazole rings is 1. The molecule has 2 heterocycles. The third-order valence-corrected chi connectivity index (χ3v) is 4.87. The number of carbonyl (C=O) groups excluding carboxylic acids is 2. The Hall–Kier alpha value is -2.00. The molecule has 1 atom stereocenters. The van der Waals surface area contributed by atoms with Crippen molar-refractivity contribution in [3.05, 3.63) is 40.9 Å². The molecular weight excluding hydrogens is 390 g/mol. The Kier molecular flexibility index (Phi) is 8.18. The van der Waals surface area contributed by atoms with Crippen molar-refractivity contribution in [2.45, 2.75) is 13.0 Å². The van der Waals surface area contributed by atoms with Gasteiger partial charge in [-0.25, -0.2) is 4.98 Å². The molecule has 7 nitrogen and oxygen atoms in total. The molecule has 1 saturated heterocycles. The Morgan fingerprint density at radius 3 is 3.00 bits per heavy atom. The predicted octanol–water partition coefficient (Wildman–Crippen LogP) is 2.52. The molecule has 2 N–H and O–H groups in total. The van der Waals surface area contributed by atoms with Crippen LogP contribution in [0.15, 0.2) is 30.5 Å². The average Bonchev–Trinajstić information content (AvgIpc) is 3.32. The van der Waals surface area contributed by atoms with Crippen LogP contribution in [-0.2, 0) is 16.1 Å². The molecule has 2 aromatic rings. The quantitative estimate of drug-likeness (QED) is 0.649. The van der Waals surface area contributed by atoms with Gasteiger partial charge in [0, 0.05) is 19.1 Å². The maximum absolute atomic E-state index is 12.3. The van der Waals surface area contributed by atoms with Crippen LogP contribution in [0, 0.1) is 5.92 Å². The lowest BCUT2D eigenvalue weighted by molar-refractivity contribution is -0.118. The van der Waals surface area contributed by atoms with Crippen LogP contribution in [0.25, 0.3) is 0 Å². The van der Waals surface area contributed by atoms with Crippen LogP contribution in [0.3, 0.4) is 0 Å². The normalized spacial score (nSPS) is 15.8. The van der Waals surface area contributed by atoms with Crippen molar-refractivity contribution in [1.82, 2.24) is 10.3 Å². The van der Waals surface area contributed by atoms with E-state index in [9.17, 15) is 9.59 Å². The molecule has 1 aliphatic heterocycles. The minimum Gasteiger partial charge on any atom is -0.484 e. The van der Waals surface area contributed by atoms with Gasteiger partial charge < -0.3 is 14.8 Å². The first-order chi connectivity index (χ1) is 12.7. The monoisotopic (exact) mass is 411 g/mol. The molecule has 146 valence electrons. The van der Waals surface area contributed by atoms with Crippen LogP contribution >= 0.6 is 23.7 Å². The van der Waals surface area contributed by atoms with Gasteiger partial charge in [0.25, 0.3) is 5.91 Å². The second-order valence-electron chi connectivity index (χ2n) is 5.97. The number of ketones is 1. The van der Waals surface area contributed by atoms with E-state index in [0.29, 0.717) is 29.0 Å². The van der Waals surface area contributed by atoms with Crippen molar-refractivity contribution in [1.29, 1.82) is 0 Å². The molecular formula is C18H22ClN3O4S. The smallest absolute Gasteiger partial charge is 0.264 e. The van der Waals surface area contributed by atoms with Gasteiger partial charge in [-0.05, 0) is 31.2 Å². The zero-order chi connectivity index (χ0) is 18.4. The topological polar surface area (TPSA) is 89.5 Å². The van der Waals surface area contributed by atoms with E-state index in [2.05, 4.69) is 15.6 Å². The molecule has 0 spiro atoms. The van der Waals surface area contributed by atoms with E-state index >= 15 is 0 Å². The van der Waals surface area contributed by atoms with Gasteiger partial charge >= 0.3 is 0 Å². The molecule has 1 aromatic carbocycles. The zero-order valence-corrected chi connectivity index (χ0v) is 16.5. The molecule has 0 aliphatic carbocycles. The second kappa shape index (κ2) is 10.4. The number of anilines is 1. The number of aromatic nitrogens is 1. The van der Waals surface area contributed by atoms with E-state index < -0.39 is 0 Å². The Labute approximate surface area is 167 Å². The van der Waals surface area contributed by atoms with Crippen molar-refractivity contribution in [2.24, 2.45) is 5.92 Å². The maximum Gasteiger partial charge on any atom is 0.264 e. The zero-order valence-electron chi connectivity index (χ0n) is 14.9. The van der Waals surface area contributed by atoms with Crippen LogP contribution in [0.5, 0.6) is 5.75 Å². The minimum atomic E-state index is -0.318. The lowest BCUT2D eigenvalue weighted by Gasteiger charge is -2.07. The van der Waals surface area contributed by atoms with Gasteiger partial charge in [0.05, 0.1) is 17.7 Å². The lowest BCUT2D eigenvalue weighted by atomic mass is 10.0. The first kappa shape index (κ1) is 21.3. The summed E-state index contributed by atoms with van der Waals surface area (Å²) in [5.41, 5.74) is 1.07. The number of hydrogen-bond donors (Lipinski definition) is 2. The fourth-order valence-corrected chi connectivity index (χ4v) is 3.49. The fourth-order valence-electron chi connectivity index (χ4n) is 2.64. The summed E-state index contributed by atoms with van der Waals surface area (Å²) in [4.78, 5) is 29.0. The second-order valence-corrected chi connectivity index (χ2v) is 7.00. The van der Waals surface area contributed by atoms with Crippen molar-refractivity contribution in [3.63, 3.8) is 0 Å². The molecule has 0 radical (unpaired) electrons. The van der Waals surface area contributed by atoms with Crippen molar-refractivity contribution >= 4 is 40.6 Å². The number of ether oxygens (including phenoxy) is 2. The highest BCUT2D eigenvalue weighted by Crippen LogP contribution is 2.25. The maximum atomic E-state index is 12.3. The summed E-state index contributed by atoms with van der Waals surface area (Å²) in [6.07, 6.45) is 2.24. The first-order valence-corrected chi connectivity index (χ1v) is 9.21. The average molecular weight is 412 g/mol. The van der Waals surface area contributed by atoms with Crippen molar-refractivity contribution < 1.29 is 19.1 Å². The Morgan fingerprint density at radius 1 is 1.41 bits per heavy atom. The molecule has 1 amide bonds. The van der Waals surface area contributed by atoms with Crippen molar-refractivity contribution in [3.8, 4) is 5.75 Å². The van der Waals surface area contributed by atoms with Crippen LogP contribution in [0.1, 0.15) is 21.7 Å². The lowest BCUT2D eigenvalue weighted by Crippen LogP contribution is -2.20. The SMILES string of the molecule is CNCc1cccc(OCC(=O)Nc2ncc(C(=O)C3CCOC3)s2)c1.Cl. The number of rotatable bonds is 8. The number of benzene rings is 1. The predicted molar refractivity (Wildman–Crippen MR) is 106 cm³/mol. The van der Waals surface area contributed by atoms with E-state index in [1.807, 2.05) is 25.2 Å². The molecule has 9 heteroatoms. The number of carbonyl (C=O) groups is 2. The number of Topliss-reactive ketones (excluding diaryl/α,β-unsaturated/α-hetero) is 1. The van der Waals surface area contributed by atoms with Crippen LogP contribution in [-0.4, -0.2) is 43.5 Å². The van der Waals surface area contributed by atoms with E-state index in [-0.39, 0.29) is 36.6 Å². The third kappa shape index (κ3) is 6.00. The minimum absolute atomic E-state index is 0. The molecule has 3 rings (SSSR count). The van der Waals surface area contributed by atoms with Crippen LogP contribution in [0.2, 0.25) is 0 Å². The van der Waals surface area contributed by atoms with E-state index in [1.54, 1.807) is 6.07 Å². The molecule has 1 unspecified atom stereocenters. The van der Waals surface area contributed by atoms with E-state index in [0.717, 1.165) is 18.5 Å². The molecule has 27 heavy (non-hydrogen) atoms. The largest absolute Gasteiger partial charge is 0.484 e. The highest BCUT2D eigenvalue weighted by molar-refractivity contribution is 7.17. The van der Waals surface area contributed by atoms with Gasteiger partial charge in [-0.15, -0.1) is 12.4 Å².